The van der Waals surface area contributed by atoms with Crippen LogP contribution in [0.2, 0.25) is 0 Å². The van der Waals surface area contributed by atoms with E-state index in [-0.39, 0.29) is 11.7 Å². The molecule has 0 saturated carbocycles. The van der Waals surface area contributed by atoms with Gasteiger partial charge in [0.05, 0.1) is 5.56 Å². The number of hydrogen-bond acceptors (Lipinski definition) is 3. The second kappa shape index (κ2) is 7.83. The summed E-state index contributed by atoms with van der Waals surface area (Å²) < 4.78 is 85.0. The SMILES string of the molecule is CO[Si](OC)(OC(C)C)c1cccc(-c2c(F)c(F)c(F)c(F)c2F)c1. The Bertz CT molecular complexity index is 780. The quantitative estimate of drug-likeness (QED) is 0.323. The van der Waals surface area contributed by atoms with E-state index in [1.807, 2.05) is 0 Å². The number of benzene rings is 2. The Morgan fingerprint density at radius 3 is 1.77 bits per heavy atom. The Hall–Kier alpha value is -1.81. The van der Waals surface area contributed by atoms with Crippen LogP contribution < -0.4 is 5.19 Å². The van der Waals surface area contributed by atoms with Crippen molar-refractivity contribution >= 4 is 14.0 Å². The van der Waals surface area contributed by atoms with Gasteiger partial charge in [0, 0.05) is 25.5 Å². The number of rotatable bonds is 6. The van der Waals surface area contributed by atoms with Crippen LogP contribution in [0.1, 0.15) is 13.8 Å². The van der Waals surface area contributed by atoms with Gasteiger partial charge >= 0.3 is 8.80 Å². The molecule has 0 atom stereocenters. The lowest BCUT2D eigenvalue weighted by Gasteiger charge is -2.29. The third-order valence-electron chi connectivity index (χ3n) is 3.64. The van der Waals surface area contributed by atoms with Gasteiger partial charge in [-0.05, 0) is 25.5 Å². The van der Waals surface area contributed by atoms with E-state index < -0.39 is 43.5 Å². The summed E-state index contributed by atoms with van der Waals surface area (Å²) in [4.78, 5) is 0. The van der Waals surface area contributed by atoms with Crippen LogP contribution in [0, 0.1) is 29.1 Å². The highest BCUT2D eigenvalue weighted by atomic mass is 28.4. The summed E-state index contributed by atoms with van der Waals surface area (Å²) in [6, 6.07) is 5.39. The summed E-state index contributed by atoms with van der Waals surface area (Å²) in [7, 11) is -0.726. The molecule has 142 valence electrons. The lowest BCUT2D eigenvalue weighted by Crippen LogP contribution is -2.56. The van der Waals surface area contributed by atoms with Crippen molar-refractivity contribution in [3.8, 4) is 11.1 Å². The Labute approximate surface area is 148 Å². The molecule has 0 amide bonds. The van der Waals surface area contributed by atoms with Crippen molar-refractivity contribution in [3.05, 3.63) is 53.4 Å². The Kier molecular flexibility index (Phi) is 6.17. The largest absolute Gasteiger partial charge is 0.536 e. The molecular weight excluding hydrogens is 375 g/mol. The zero-order valence-electron chi connectivity index (χ0n) is 14.5. The van der Waals surface area contributed by atoms with E-state index in [1.54, 1.807) is 13.8 Å². The first-order valence-corrected chi connectivity index (χ1v) is 9.31. The smallest absolute Gasteiger partial charge is 0.373 e. The topological polar surface area (TPSA) is 27.7 Å². The molecular formula is C17H17F5O3Si. The van der Waals surface area contributed by atoms with Gasteiger partial charge in [-0.1, -0.05) is 18.2 Å². The first kappa shape index (κ1) is 20.5. The van der Waals surface area contributed by atoms with Crippen molar-refractivity contribution in [1.29, 1.82) is 0 Å². The van der Waals surface area contributed by atoms with Crippen LogP contribution in [0.5, 0.6) is 0 Å². The van der Waals surface area contributed by atoms with E-state index in [0.717, 1.165) is 0 Å². The molecule has 0 heterocycles. The average molecular weight is 392 g/mol. The molecule has 0 aromatic heterocycles. The highest BCUT2D eigenvalue weighted by molar-refractivity contribution is 6.75. The van der Waals surface area contributed by atoms with Gasteiger partial charge < -0.3 is 13.3 Å². The molecule has 2 aromatic carbocycles. The van der Waals surface area contributed by atoms with E-state index in [1.165, 1.54) is 38.5 Å². The molecule has 0 aliphatic heterocycles. The zero-order valence-corrected chi connectivity index (χ0v) is 15.5. The van der Waals surface area contributed by atoms with Gasteiger partial charge in [0.25, 0.3) is 0 Å². The lowest BCUT2D eigenvalue weighted by molar-refractivity contribution is 0.0838. The highest BCUT2D eigenvalue weighted by Gasteiger charge is 2.43. The summed E-state index contributed by atoms with van der Waals surface area (Å²) in [5, 5.41) is 0.317. The van der Waals surface area contributed by atoms with Crippen molar-refractivity contribution in [1.82, 2.24) is 0 Å². The Morgan fingerprint density at radius 1 is 0.808 bits per heavy atom. The molecule has 9 heteroatoms. The maximum atomic E-state index is 14.1. The van der Waals surface area contributed by atoms with Gasteiger partial charge in [-0.25, -0.2) is 22.0 Å². The monoisotopic (exact) mass is 392 g/mol. The third kappa shape index (κ3) is 3.52. The minimum absolute atomic E-state index is 0.214. The molecule has 0 saturated heterocycles. The van der Waals surface area contributed by atoms with E-state index in [2.05, 4.69) is 0 Å². The third-order valence-corrected chi connectivity index (χ3v) is 6.52. The average Bonchev–Trinajstić information content (AvgIpc) is 2.63. The first-order chi connectivity index (χ1) is 12.2. The van der Waals surface area contributed by atoms with Crippen molar-refractivity contribution in [2.45, 2.75) is 20.0 Å². The van der Waals surface area contributed by atoms with Crippen LogP contribution in [-0.2, 0) is 13.3 Å². The predicted molar refractivity (Wildman–Crippen MR) is 87.3 cm³/mol. The molecule has 26 heavy (non-hydrogen) atoms. The fourth-order valence-corrected chi connectivity index (χ4v) is 4.74. The van der Waals surface area contributed by atoms with Crippen LogP contribution in [0.3, 0.4) is 0 Å². The maximum absolute atomic E-state index is 14.1. The van der Waals surface area contributed by atoms with Gasteiger partial charge in [-0.3, -0.25) is 0 Å². The Balaban J connectivity index is 2.68. The molecule has 0 aliphatic carbocycles. The number of halogens is 5. The lowest BCUT2D eigenvalue weighted by atomic mass is 10.0. The molecule has 0 fully saturated rings. The van der Waals surface area contributed by atoms with E-state index in [9.17, 15) is 22.0 Å². The Morgan fingerprint density at radius 2 is 1.31 bits per heavy atom. The second-order valence-electron chi connectivity index (χ2n) is 5.66. The van der Waals surface area contributed by atoms with Gasteiger partial charge in [0.15, 0.2) is 23.3 Å². The standard InChI is InChI=1S/C17H17F5O3Si/c1-9(2)25-26(23-3,24-4)11-7-5-6-10(8-11)12-13(18)15(20)17(22)16(21)14(12)19/h5-9H,1-4H3. The fourth-order valence-electron chi connectivity index (χ4n) is 2.52. The maximum Gasteiger partial charge on any atom is 0.536 e. The van der Waals surface area contributed by atoms with E-state index in [4.69, 9.17) is 13.3 Å². The summed E-state index contributed by atoms with van der Waals surface area (Å²) >= 11 is 0. The second-order valence-corrected chi connectivity index (χ2v) is 8.40. The zero-order chi connectivity index (χ0) is 19.6. The fraction of sp³-hybridized carbons (Fsp3) is 0.294. The minimum Gasteiger partial charge on any atom is -0.373 e. The first-order valence-electron chi connectivity index (χ1n) is 7.59. The summed E-state index contributed by atoms with van der Waals surface area (Å²) in [6.07, 6.45) is -0.292. The van der Waals surface area contributed by atoms with Crippen LogP contribution in [-0.4, -0.2) is 29.1 Å². The molecule has 0 radical (unpaired) electrons. The highest BCUT2D eigenvalue weighted by Crippen LogP contribution is 2.31. The molecule has 2 aromatic rings. The molecule has 3 nitrogen and oxygen atoms in total. The summed E-state index contributed by atoms with van der Waals surface area (Å²) in [5.41, 5.74) is -1.24. The molecule has 0 bridgehead atoms. The van der Waals surface area contributed by atoms with Crippen molar-refractivity contribution < 1.29 is 35.2 Å². The van der Waals surface area contributed by atoms with Crippen molar-refractivity contribution in [3.63, 3.8) is 0 Å². The van der Waals surface area contributed by atoms with E-state index >= 15 is 0 Å². The normalized spacial score (nSPS) is 12.1. The van der Waals surface area contributed by atoms with Gasteiger partial charge in [-0.15, -0.1) is 0 Å². The summed E-state index contributed by atoms with van der Waals surface area (Å²) in [6.45, 7) is 3.49. The van der Waals surface area contributed by atoms with E-state index in [0.29, 0.717) is 5.19 Å². The van der Waals surface area contributed by atoms with Crippen molar-refractivity contribution in [2.24, 2.45) is 0 Å². The van der Waals surface area contributed by atoms with Crippen molar-refractivity contribution in [2.75, 3.05) is 14.2 Å². The summed E-state index contributed by atoms with van der Waals surface area (Å²) in [5.74, 6) is -10.1. The molecule has 0 aliphatic rings. The molecule has 0 spiro atoms. The van der Waals surface area contributed by atoms with Gasteiger partial charge in [-0.2, -0.15) is 0 Å². The van der Waals surface area contributed by atoms with Crippen LogP contribution in [0.25, 0.3) is 11.1 Å². The number of hydrogen-bond donors (Lipinski definition) is 0. The molecule has 2 rings (SSSR count). The van der Waals surface area contributed by atoms with Crippen LogP contribution >= 0.6 is 0 Å². The predicted octanol–water partition coefficient (Wildman–Crippen LogP) is 3.91. The van der Waals surface area contributed by atoms with Gasteiger partial charge in [0.1, 0.15) is 0 Å². The van der Waals surface area contributed by atoms with Crippen LogP contribution in [0.15, 0.2) is 24.3 Å². The minimum atomic E-state index is -3.43. The van der Waals surface area contributed by atoms with Gasteiger partial charge in [0.2, 0.25) is 5.82 Å². The molecule has 0 N–H and O–H groups in total. The molecule has 0 unspecified atom stereocenters. The van der Waals surface area contributed by atoms with Crippen LogP contribution in [0.4, 0.5) is 22.0 Å².